The van der Waals surface area contributed by atoms with Crippen molar-refractivity contribution in [1.82, 2.24) is 16.0 Å². The Bertz CT molecular complexity index is 863. The van der Waals surface area contributed by atoms with Crippen LogP contribution in [0.15, 0.2) is 30.3 Å². The van der Waals surface area contributed by atoms with Gasteiger partial charge in [0.05, 0.1) is 6.04 Å². The molecule has 0 aliphatic heterocycles. The van der Waals surface area contributed by atoms with E-state index in [1.54, 1.807) is 6.92 Å². The highest BCUT2D eigenvalue weighted by molar-refractivity contribution is 5.94. The number of hydrogen-bond donors (Lipinski definition) is 6. The molecule has 0 radical (unpaired) electrons. The smallest absolute Gasteiger partial charge is 0.325 e. The predicted molar refractivity (Wildman–Crippen MR) is 125 cm³/mol. The molecule has 0 saturated carbocycles. The van der Waals surface area contributed by atoms with Crippen molar-refractivity contribution in [1.29, 1.82) is 0 Å². The number of nitrogens with two attached hydrogens (primary N) is 2. The van der Waals surface area contributed by atoms with Gasteiger partial charge in [0.2, 0.25) is 23.6 Å². The Morgan fingerprint density at radius 3 is 2.09 bits per heavy atom. The highest BCUT2D eigenvalue weighted by Crippen LogP contribution is 2.10. The minimum atomic E-state index is -1.22. The maximum atomic E-state index is 13.0. The van der Waals surface area contributed by atoms with Crippen molar-refractivity contribution in [2.45, 2.75) is 70.6 Å². The number of amides is 4. The summed E-state index contributed by atoms with van der Waals surface area (Å²) in [6, 6.07) is 4.77. The monoisotopic (exact) mass is 477 g/mol. The summed E-state index contributed by atoms with van der Waals surface area (Å²) in [5, 5.41) is 16.5. The van der Waals surface area contributed by atoms with Crippen LogP contribution < -0.4 is 27.4 Å². The first-order valence-electron chi connectivity index (χ1n) is 11.2. The van der Waals surface area contributed by atoms with Gasteiger partial charge in [-0.15, -0.1) is 0 Å². The van der Waals surface area contributed by atoms with Crippen LogP contribution in [0.5, 0.6) is 0 Å². The van der Waals surface area contributed by atoms with Crippen molar-refractivity contribution in [3.05, 3.63) is 35.9 Å². The molecular formula is C23H35N5O6. The Hall–Kier alpha value is -3.47. The summed E-state index contributed by atoms with van der Waals surface area (Å²) < 4.78 is 0. The zero-order valence-electron chi connectivity index (χ0n) is 19.7. The van der Waals surface area contributed by atoms with Crippen molar-refractivity contribution in [2.75, 3.05) is 0 Å². The Balaban J connectivity index is 2.96. The van der Waals surface area contributed by atoms with E-state index in [1.807, 2.05) is 37.3 Å². The Kier molecular flexibility index (Phi) is 11.7. The zero-order valence-corrected chi connectivity index (χ0v) is 19.7. The Morgan fingerprint density at radius 1 is 0.941 bits per heavy atom. The molecule has 0 aliphatic carbocycles. The van der Waals surface area contributed by atoms with Crippen molar-refractivity contribution >= 4 is 29.6 Å². The second-order valence-electron chi connectivity index (χ2n) is 8.30. The average molecular weight is 478 g/mol. The van der Waals surface area contributed by atoms with Gasteiger partial charge in [0.15, 0.2) is 0 Å². The molecule has 11 heteroatoms. The minimum Gasteiger partial charge on any atom is -0.480 e. The summed E-state index contributed by atoms with van der Waals surface area (Å²) in [4.78, 5) is 60.7. The number of primary amides is 1. The molecule has 1 rings (SSSR count). The molecule has 1 aromatic rings. The SMILES string of the molecule is CCC(C)C(NC(=O)C(CCC(N)=O)NC(=O)C(N)Cc1ccccc1)C(=O)NC(C)C(=O)O. The number of aliphatic carboxylic acids is 1. The summed E-state index contributed by atoms with van der Waals surface area (Å²) in [5.74, 6) is -4.19. The van der Waals surface area contributed by atoms with Gasteiger partial charge in [-0.05, 0) is 31.2 Å². The van der Waals surface area contributed by atoms with E-state index in [0.717, 1.165) is 5.56 Å². The summed E-state index contributed by atoms with van der Waals surface area (Å²) in [6.45, 7) is 4.84. The second-order valence-corrected chi connectivity index (χ2v) is 8.30. The molecular weight excluding hydrogens is 442 g/mol. The standard InChI is InChI=1S/C23H35N5O6/c1-4-13(2)19(22(32)26-14(3)23(33)34)28-21(31)17(10-11-18(25)29)27-20(30)16(24)12-15-8-6-5-7-9-15/h5-9,13-14,16-17,19H,4,10-12,24H2,1-3H3,(H2,25,29)(H,26,32)(H,27,30)(H,28,31)(H,33,34). The maximum Gasteiger partial charge on any atom is 0.325 e. The van der Waals surface area contributed by atoms with Gasteiger partial charge in [-0.2, -0.15) is 0 Å². The number of benzene rings is 1. The molecule has 0 aromatic heterocycles. The number of carbonyl (C=O) groups excluding carboxylic acids is 4. The van der Waals surface area contributed by atoms with E-state index in [-0.39, 0.29) is 25.2 Å². The number of rotatable bonds is 14. The van der Waals surface area contributed by atoms with E-state index in [4.69, 9.17) is 16.6 Å². The number of carboxylic acid groups (broad SMARTS) is 1. The van der Waals surface area contributed by atoms with Gasteiger partial charge in [0, 0.05) is 6.42 Å². The molecule has 188 valence electrons. The van der Waals surface area contributed by atoms with E-state index in [2.05, 4.69) is 16.0 Å². The summed E-state index contributed by atoms with van der Waals surface area (Å²) >= 11 is 0. The first kappa shape index (κ1) is 28.6. The maximum absolute atomic E-state index is 13.0. The number of carboxylic acids is 1. The van der Waals surface area contributed by atoms with Crippen LogP contribution >= 0.6 is 0 Å². The van der Waals surface area contributed by atoms with Gasteiger partial charge in [0.25, 0.3) is 0 Å². The highest BCUT2D eigenvalue weighted by Gasteiger charge is 2.32. The van der Waals surface area contributed by atoms with Gasteiger partial charge in [-0.1, -0.05) is 50.6 Å². The lowest BCUT2D eigenvalue weighted by Crippen LogP contribution is -2.58. The lowest BCUT2D eigenvalue weighted by atomic mass is 9.97. The van der Waals surface area contributed by atoms with Crippen LogP contribution in [-0.4, -0.2) is 58.9 Å². The van der Waals surface area contributed by atoms with Crippen molar-refractivity contribution in [2.24, 2.45) is 17.4 Å². The van der Waals surface area contributed by atoms with Gasteiger partial charge in [0.1, 0.15) is 18.1 Å². The first-order valence-corrected chi connectivity index (χ1v) is 11.2. The third-order valence-corrected chi connectivity index (χ3v) is 5.47. The van der Waals surface area contributed by atoms with Crippen LogP contribution in [0.4, 0.5) is 0 Å². The molecule has 0 fully saturated rings. The van der Waals surface area contributed by atoms with Crippen LogP contribution in [0.3, 0.4) is 0 Å². The Labute approximate surface area is 199 Å². The molecule has 11 nitrogen and oxygen atoms in total. The number of nitrogens with one attached hydrogen (secondary N) is 3. The zero-order chi connectivity index (χ0) is 25.8. The Morgan fingerprint density at radius 2 is 1.56 bits per heavy atom. The fourth-order valence-corrected chi connectivity index (χ4v) is 3.12. The van der Waals surface area contributed by atoms with Crippen LogP contribution in [0.1, 0.15) is 45.6 Å². The van der Waals surface area contributed by atoms with Crippen molar-refractivity contribution in [3.8, 4) is 0 Å². The van der Waals surface area contributed by atoms with Crippen LogP contribution in [0.25, 0.3) is 0 Å². The highest BCUT2D eigenvalue weighted by atomic mass is 16.4. The van der Waals surface area contributed by atoms with Gasteiger partial charge >= 0.3 is 5.97 Å². The molecule has 0 spiro atoms. The molecule has 1 aromatic carbocycles. The summed E-state index contributed by atoms with van der Waals surface area (Å²) in [7, 11) is 0. The van der Waals surface area contributed by atoms with E-state index in [1.165, 1.54) is 6.92 Å². The summed E-state index contributed by atoms with van der Waals surface area (Å²) in [6.07, 6.45) is 0.482. The quantitative estimate of drug-likeness (QED) is 0.206. The molecule has 0 bridgehead atoms. The van der Waals surface area contributed by atoms with Crippen molar-refractivity contribution in [3.63, 3.8) is 0 Å². The molecule has 34 heavy (non-hydrogen) atoms. The fraction of sp³-hybridized carbons (Fsp3) is 0.522. The number of carbonyl (C=O) groups is 5. The van der Waals surface area contributed by atoms with E-state index in [9.17, 15) is 24.0 Å². The third-order valence-electron chi connectivity index (χ3n) is 5.47. The first-order chi connectivity index (χ1) is 16.0. The minimum absolute atomic E-state index is 0.0919. The predicted octanol–water partition coefficient (Wildman–Crippen LogP) is -0.573. The lowest BCUT2D eigenvalue weighted by molar-refractivity contribution is -0.142. The van der Waals surface area contributed by atoms with Gasteiger partial charge in [-0.25, -0.2) is 0 Å². The topological polar surface area (TPSA) is 194 Å². The van der Waals surface area contributed by atoms with Gasteiger partial charge in [-0.3, -0.25) is 24.0 Å². The normalized spacial score (nSPS) is 15.2. The molecule has 0 heterocycles. The van der Waals surface area contributed by atoms with E-state index < -0.39 is 53.8 Å². The molecule has 4 amide bonds. The molecule has 0 aliphatic rings. The number of hydrogen-bond acceptors (Lipinski definition) is 6. The van der Waals surface area contributed by atoms with Crippen LogP contribution in [0, 0.1) is 5.92 Å². The largest absolute Gasteiger partial charge is 0.480 e. The third kappa shape index (κ3) is 9.57. The molecule has 8 N–H and O–H groups in total. The summed E-state index contributed by atoms with van der Waals surface area (Å²) in [5.41, 5.74) is 12.0. The molecule has 5 unspecified atom stereocenters. The lowest BCUT2D eigenvalue weighted by Gasteiger charge is -2.27. The van der Waals surface area contributed by atoms with Crippen LogP contribution in [0.2, 0.25) is 0 Å². The van der Waals surface area contributed by atoms with Crippen LogP contribution in [-0.2, 0) is 30.4 Å². The van der Waals surface area contributed by atoms with Crippen molar-refractivity contribution < 1.29 is 29.1 Å². The molecule has 0 saturated heterocycles. The van der Waals surface area contributed by atoms with E-state index >= 15 is 0 Å². The fourth-order valence-electron chi connectivity index (χ4n) is 3.12. The second kappa shape index (κ2) is 13.9. The van der Waals surface area contributed by atoms with E-state index in [0.29, 0.717) is 6.42 Å². The average Bonchev–Trinajstić information content (AvgIpc) is 2.79. The van der Waals surface area contributed by atoms with Gasteiger partial charge < -0.3 is 32.5 Å². The molecule has 5 atom stereocenters.